The number of ether oxygens (including phenoxy) is 1. The van der Waals surface area contributed by atoms with E-state index in [1.54, 1.807) is 18.4 Å². The quantitative estimate of drug-likeness (QED) is 0.893. The van der Waals surface area contributed by atoms with Gasteiger partial charge in [-0.1, -0.05) is 18.2 Å². The molecule has 0 saturated heterocycles. The van der Waals surface area contributed by atoms with Gasteiger partial charge in [-0.05, 0) is 48.5 Å². The second kappa shape index (κ2) is 6.03. The van der Waals surface area contributed by atoms with Crippen molar-refractivity contribution in [2.24, 2.45) is 5.73 Å². The SMILES string of the molecule is COc1ccc(C(CCN)c2cccs2)cc1C. The second-order valence-corrected chi connectivity index (χ2v) is 5.35. The van der Waals surface area contributed by atoms with E-state index in [0.717, 1.165) is 12.2 Å². The van der Waals surface area contributed by atoms with Crippen LogP contribution in [0.15, 0.2) is 35.7 Å². The van der Waals surface area contributed by atoms with Crippen molar-refractivity contribution in [1.29, 1.82) is 0 Å². The number of thiophene rings is 1. The highest BCUT2D eigenvalue weighted by Crippen LogP contribution is 2.33. The summed E-state index contributed by atoms with van der Waals surface area (Å²) in [4.78, 5) is 1.38. The van der Waals surface area contributed by atoms with Gasteiger partial charge < -0.3 is 10.5 Å². The summed E-state index contributed by atoms with van der Waals surface area (Å²) in [5.41, 5.74) is 8.24. The Morgan fingerprint density at radius 3 is 2.72 bits per heavy atom. The molecular weight excluding hydrogens is 242 g/mol. The Morgan fingerprint density at radius 2 is 2.17 bits per heavy atom. The number of hydrogen-bond acceptors (Lipinski definition) is 3. The maximum atomic E-state index is 5.75. The fraction of sp³-hybridized carbons (Fsp3) is 0.333. The van der Waals surface area contributed by atoms with Crippen LogP contribution in [0.1, 0.15) is 28.3 Å². The monoisotopic (exact) mass is 261 g/mol. The Morgan fingerprint density at radius 1 is 1.33 bits per heavy atom. The van der Waals surface area contributed by atoms with Gasteiger partial charge in [-0.3, -0.25) is 0 Å². The van der Waals surface area contributed by atoms with Crippen LogP contribution in [0.3, 0.4) is 0 Å². The molecule has 3 heteroatoms. The minimum absolute atomic E-state index is 0.402. The van der Waals surface area contributed by atoms with E-state index in [1.165, 1.54) is 16.0 Å². The molecule has 0 fully saturated rings. The number of nitrogens with two attached hydrogens (primary N) is 1. The van der Waals surface area contributed by atoms with Crippen molar-refractivity contribution in [3.63, 3.8) is 0 Å². The van der Waals surface area contributed by atoms with E-state index < -0.39 is 0 Å². The molecule has 18 heavy (non-hydrogen) atoms. The van der Waals surface area contributed by atoms with Gasteiger partial charge >= 0.3 is 0 Å². The Labute approximate surface area is 112 Å². The first-order valence-electron chi connectivity index (χ1n) is 6.14. The first kappa shape index (κ1) is 13.1. The van der Waals surface area contributed by atoms with E-state index >= 15 is 0 Å². The van der Waals surface area contributed by atoms with Crippen molar-refractivity contribution < 1.29 is 4.74 Å². The van der Waals surface area contributed by atoms with Crippen LogP contribution < -0.4 is 10.5 Å². The van der Waals surface area contributed by atoms with Gasteiger partial charge in [0.1, 0.15) is 5.75 Å². The van der Waals surface area contributed by atoms with Gasteiger partial charge in [0, 0.05) is 10.8 Å². The molecule has 96 valence electrons. The smallest absolute Gasteiger partial charge is 0.121 e. The van der Waals surface area contributed by atoms with E-state index in [2.05, 4.69) is 36.6 Å². The van der Waals surface area contributed by atoms with Gasteiger partial charge in [-0.2, -0.15) is 0 Å². The van der Waals surface area contributed by atoms with Crippen molar-refractivity contribution in [1.82, 2.24) is 0 Å². The maximum absolute atomic E-state index is 5.75. The number of rotatable bonds is 5. The summed E-state index contributed by atoms with van der Waals surface area (Å²) in [6.45, 7) is 2.78. The van der Waals surface area contributed by atoms with Crippen molar-refractivity contribution in [3.8, 4) is 5.75 Å². The third kappa shape index (κ3) is 2.74. The Balaban J connectivity index is 2.34. The lowest BCUT2D eigenvalue weighted by Crippen LogP contribution is -2.08. The zero-order valence-electron chi connectivity index (χ0n) is 10.8. The van der Waals surface area contributed by atoms with Gasteiger partial charge in [0.05, 0.1) is 7.11 Å². The predicted molar refractivity (Wildman–Crippen MR) is 77.6 cm³/mol. The molecule has 0 spiro atoms. The molecule has 1 unspecified atom stereocenters. The topological polar surface area (TPSA) is 35.2 Å². The normalized spacial score (nSPS) is 12.4. The summed E-state index contributed by atoms with van der Waals surface area (Å²) in [6, 6.07) is 10.7. The highest BCUT2D eigenvalue weighted by molar-refractivity contribution is 7.10. The summed E-state index contributed by atoms with van der Waals surface area (Å²) >= 11 is 1.79. The van der Waals surface area contributed by atoms with Crippen molar-refractivity contribution in [2.75, 3.05) is 13.7 Å². The minimum atomic E-state index is 0.402. The lowest BCUT2D eigenvalue weighted by molar-refractivity contribution is 0.411. The average molecular weight is 261 g/mol. The van der Waals surface area contributed by atoms with Crippen molar-refractivity contribution >= 4 is 11.3 Å². The number of aryl methyl sites for hydroxylation is 1. The van der Waals surface area contributed by atoms with Crippen LogP contribution in [-0.4, -0.2) is 13.7 Å². The van der Waals surface area contributed by atoms with Crippen LogP contribution in [0.5, 0.6) is 5.75 Å². The molecule has 0 aliphatic rings. The van der Waals surface area contributed by atoms with Crippen LogP contribution in [0.2, 0.25) is 0 Å². The summed E-state index contributed by atoms with van der Waals surface area (Å²) in [5.74, 6) is 1.34. The lowest BCUT2D eigenvalue weighted by Gasteiger charge is -2.16. The van der Waals surface area contributed by atoms with Gasteiger partial charge in [0.15, 0.2) is 0 Å². The highest BCUT2D eigenvalue weighted by atomic mass is 32.1. The summed E-state index contributed by atoms with van der Waals surface area (Å²) < 4.78 is 5.31. The fourth-order valence-electron chi connectivity index (χ4n) is 2.25. The molecule has 2 N–H and O–H groups in total. The predicted octanol–water partition coefficient (Wildman–Crippen LogP) is 3.55. The molecule has 0 aliphatic heterocycles. The number of benzene rings is 1. The van der Waals surface area contributed by atoms with E-state index in [4.69, 9.17) is 10.5 Å². The number of methoxy groups -OCH3 is 1. The van der Waals surface area contributed by atoms with E-state index in [0.29, 0.717) is 12.5 Å². The summed E-state index contributed by atoms with van der Waals surface area (Å²) in [5, 5.41) is 2.12. The molecule has 0 bridgehead atoms. The van der Waals surface area contributed by atoms with Crippen LogP contribution in [0.4, 0.5) is 0 Å². The van der Waals surface area contributed by atoms with Crippen molar-refractivity contribution in [2.45, 2.75) is 19.3 Å². The number of hydrogen-bond donors (Lipinski definition) is 1. The molecule has 2 aromatic rings. The standard InChI is InChI=1S/C15H19NOS/c1-11-10-12(5-6-14(11)17-2)13(7-8-16)15-4-3-9-18-15/h3-6,9-10,13H,7-8,16H2,1-2H3. The molecule has 0 aliphatic carbocycles. The molecule has 1 aromatic heterocycles. The van der Waals surface area contributed by atoms with Crippen LogP contribution in [0.25, 0.3) is 0 Å². The molecular formula is C15H19NOS. The first-order chi connectivity index (χ1) is 8.76. The van der Waals surface area contributed by atoms with Crippen LogP contribution in [0, 0.1) is 6.92 Å². The zero-order valence-corrected chi connectivity index (χ0v) is 11.7. The Bertz CT molecular complexity index is 493. The molecule has 1 heterocycles. The Kier molecular flexibility index (Phi) is 4.39. The lowest BCUT2D eigenvalue weighted by atomic mass is 9.93. The molecule has 0 amide bonds. The van der Waals surface area contributed by atoms with Gasteiger partial charge in [-0.25, -0.2) is 0 Å². The summed E-state index contributed by atoms with van der Waals surface area (Å²) in [6.07, 6.45) is 0.978. The molecule has 1 aromatic carbocycles. The van der Waals surface area contributed by atoms with Gasteiger partial charge in [-0.15, -0.1) is 11.3 Å². The van der Waals surface area contributed by atoms with E-state index in [1.807, 2.05) is 6.07 Å². The maximum Gasteiger partial charge on any atom is 0.121 e. The Hall–Kier alpha value is -1.32. The van der Waals surface area contributed by atoms with Gasteiger partial charge in [0.2, 0.25) is 0 Å². The van der Waals surface area contributed by atoms with Gasteiger partial charge in [0.25, 0.3) is 0 Å². The second-order valence-electron chi connectivity index (χ2n) is 4.37. The highest BCUT2D eigenvalue weighted by Gasteiger charge is 2.15. The summed E-state index contributed by atoms with van der Waals surface area (Å²) in [7, 11) is 1.71. The molecule has 2 rings (SSSR count). The zero-order chi connectivity index (χ0) is 13.0. The van der Waals surface area contributed by atoms with Crippen LogP contribution >= 0.6 is 11.3 Å². The molecule has 1 atom stereocenters. The van der Waals surface area contributed by atoms with E-state index in [-0.39, 0.29) is 0 Å². The average Bonchev–Trinajstić information content (AvgIpc) is 2.89. The minimum Gasteiger partial charge on any atom is -0.496 e. The molecule has 2 nitrogen and oxygen atoms in total. The fourth-order valence-corrected chi connectivity index (χ4v) is 3.14. The first-order valence-corrected chi connectivity index (χ1v) is 7.02. The third-order valence-corrected chi connectivity index (χ3v) is 4.15. The largest absolute Gasteiger partial charge is 0.496 e. The molecule has 0 saturated carbocycles. The molecule has 0 radical (unpaired) electrons. The van der Waals surface area contributed by atoms with Crippen LogP contribution in [-0.2, 0) is 0 Å². The third-order valence-electron chi connectivity index (χ3n) is 3.16. The van der Waals surface area contributed by atoms with Crippen molar-refractivity contribution in [3.05, 3.63) is 51.7 Å². The van der Waals surface area contributed by atoms with E-state index in [9.17, 15) is 0 Å².